The van der Waals surface area contributed by atoms with E-state index in [0.717, 1.165) is 25.8 Å². The molecule has 5 heteroatoms. The van der Waals surface area contributed by atoms with Gasteiger partial charge in [-0.15, -0.1) is 0 Å². The van der Waals surface area contributed by atoms with Crippen molar-refractivity contribution in [2.45, 2.75) is 6.04 Å². The molecule has 1 atom stereocenters. The van der Waals surface area contributed by atoms with Crippen LogP contribution in [0.15, 0.2) is 45.3 Å². The monoisotopic (exact) mass is 417 g/mol. The summed E-state index contributed by atoms with van der Waals surface area (Å²) < 4.78 is 7.25. The molecule has 0 aromatic heterocycles. The largest absolute Gasteiger partial charge is 0.497 e. The zero-order chi connectivity index (χ0) is 14.7. The van der Waals surface area contributed by atoms with Crippen LogP contribution in [-0.2, 0) is 0 Å². The topological polar surface area (TPSA) is 21.3 Å². The Bertz CT molecular complexity index is 619. The molecular formula is C15H14Br2ClNO. The van der Waals surface area contributed by atoms with Crippen molar-refractivity contribution in [1.29, 1.82) is 0 Å². The minimum Gasteiger partial charge on any atom is -0.497 e. The third-order valence-electron chi connectivity index (χ3n) is 3.08. The molecule has 0 aliphatic heterocycles. The number of methoxy groups -OCH3 is 1. The van der Waals surface area contributed by atoms with Gasteiger partial charge in [-0.25, -0.2) is 0 Å². The number of rotatable bonds is 4. The van der Waals surface area contributed by atoms with E-state index in [1.807, 2.05) is 37.4 Å². The van der Waals surface area contributed by atoms with E-state index in [2.05, 4.69) is 43.2 Å². The predicted molar refractivity (Wildman–Crippen MR) is 90.7 cm³/mol. The Balaban J connectivity index is 2.47. The van der Waals surface area contributed by atoms with E-state index in [1.54, 1.807) is 7.11 Å². The third-order valence-corrected chi connectivity index (χ3v) is 4.59. The van der Waals surface area contributed by atoms with Crippen molar-refractivity contribution in [3.8, 4) is 5.75 Å². The van der Waals surface area contributed by atoms with Gasteiger partial charge in [-0.2, -0.15) is 0 Å². The first kappa shape index (κ1) is 15.8. The summed E-state index contributed by atoms with van der Waals surface area (Å²) in [5.74, 6) is 0.753. The van der Waals surface area contributed by atoms with Crippen molar-refractivity contribution < 1.29 is 4.74 Å². The molecule has 0 fully saturated rings. The Hall–Kier alpha value is -0.550. The number of halogens is 3. The summed E-state index contributed by atoms with van der Waals surface area (Å²) in [7, 11) is 3.55. The molecule has 106 valence electrons. The number of benzene rings is 2. The molecule has 0 saturated carbocycles. The summed E-state index contributed by atoms with van der Waals surface area (Å²) in [6, 6.07) is 11.8. The Morgan fingerprint density at radius 3 is 2.35 bits per heavy atom. The fourth-order valence-electron chi connectivity index (χ4n) is 2.08. The fraction of sp³-hybridized carbons (Fsp3) is 0.200. The van der Waals surface area contributed by atoms with E-state index in [4.69, 9.17) is 16.3 Å². The highest BCUT2D eigenvalue weighted by molar-refractivity contribution is 9.11. The van der Waals surface area contributed by atoms with Gasteiger partial charge in [0.2, 0.25) is 0 Å². The van der Waals surface area contributed by atoms with Gasteiger partial charge >= 0.3 is 0 Å². The first-order valence-electron chi connectivity index (χ1n) is 6.02. The van der Waals surface area contributed by atoms with Crippen LogP contribution in [0.25, 0.3) is 0 Å². The first-order valence-corrected chi connectivity index (χ1v) is 7.99. The second-order valence-electron chi connectivity index (χ2n) is 4.27. The van der Waals surface area contributed by atoms with Crippen LogP contribution in [-0.4, -0.2) is 14.2 Å². The highest BCUT2D eigenvalue weighted by atomic mass is 79.9. The molecule has 0 aliphatic carbocycles. The quantitative estimate of drug-likeness (QED) is 0.737. The molecule has 0 aliphatic rings. The summed E-state index contributed by atoms with van der Waals surface area (Å²) >= 11 is 13.4. The van der Waals surface area contributed by atoms with Crippen LogP contribution < -0.4 is 10.1 Å². The highest BCUT2D eigenvalue weighted by Crippen LogP contribution is 2.35. The number of hydrogen-bond donors (Lipinski definition) is 1. The van der Waals surface area contributed by atoms with Crippen LogP contribution in [0.4, 0.5) is 0 Å². The number of ether oxygens (including phenoxy) is 1. The van der Waals surface area contributed by atoms with Crippen molar-refractivity contribution in [2.75, 3.05) is 14.2 Å². The molecule has 2 rings (SSSR count). The molecule has 0 heterocycles. The van der Waals surface area contributed by atoms with Crippen LogP contribution in [0.3, 0.4) is 0 Å². The van der Waals surface area contributed by atoms with Gasteiger partial charge in [-0.05, 0) is 42.4 Å². The van der Waals surface area contributed by atoms with E-state index in [9.17, 15) is 0 Å². The Morgan fingerprint density at radius 2 is 1.80 bits per heavy atom. The molecule has 0 saturated heterocycles. The third kappa shape index (κ3) is 3.37. The molecule has 2 aromatic carbocycles. The van der Waals surface area contributed by atoms with Gasteiger partial charge in [0.05, 0.1) is 13.2 Å². The van der Waals surface area contributed by atoms with E-state index in [-0.39, 0.29) is 6.04 Å². The summed E-state index contributed by atoms with van der Waals surface area (Å²) in [5, 5.41) is 3.98. The Morgan fingerprint density at radius 1 is 1.10 bits per heavy atom. The van der Waals surface area contributed by atoms with Crippen LogP contribution in [0.1, 0.15) is 17.2 Å². The molecule has 0 spiro atoms. The van der Waals surface area contributed by atoms with Gasteiger partial charge in [0.25, 0.3) is 0 Å². The molecule has 2 nitrogen and oxygen atoms in total. The molecule has 1 N–H and O–H groups in total. The lowest BCUT2D eigenvalue weighted by Gasteiger charge is -2.20. The summed E-state index contributed by atoms with van der Waals surface area (Å²) in [4.78, 5) is 0. The maximum atomic E-state index is 6.37. The lowest BCUT2D eigenvalue weighted by Crippen LogP contribution is -2.18. The highest BCUT2D eigenvalue weighted by Gasteiger charge is 2.18. The van der Waals surface area contributed by atoms with E-state index in [1.165, 1.54) is 0 Å². The van der Waals surface area contributed by atoms with Crippen LogP contribution in [0, 0.1) is 0 Å². The van der Waals surface area contributed by atoms with Crippen molar-refractivity contribution in [3.63, 3.8) is 0 Å². The Labute approximate surface area is 140 Å². The SMILES string of the molecule is CNC(c1ccc(OC)cc1Cl)c1ccc(Br)cc1Br. The molecule has 0 amide bonds. The van der Waals surface area contributed by atoms with Crippen molar-refractivity contribution in [2.24, 2.45) is 0 Å². The van der Waals surface area contributed by atoms with Gasteiger partial charge in [0.15, 0.2) is 0 Å². The van der Waals surface area contributed by atoms with Gasteiger partial charge in [-0.1, -0.05) is 55.6 Å². The van der Waals surface area contributed by atoms with E-state index < -0.39 is 0 Å². The number of hydrogen-bond acceptors (Lipinski definition) is 2. The van der Waals surface area contributed by atoms with Gasteiger partial charge in [0, 0.05) is 14.0 Å². The summed E-state index contributed by atoms with van der Waals surface area (Å²) in [6.07, 6.45) is 0. The lowest BCUT2D eigenvalue weighted by molar-refractivity contribution is 0.414. The molecule has 1 unspecified atom stereocenters. The summed E-state index contributed by atoms with van der Waals surface area (Å²) in [5.41, 5.74) is 2.14. The van der Waals surface area contributed by atoms with Crippen molar-refractivity contribution in [3.05, 3.63) is 61.5 Å². The van der Waals surface area contributed by atoms with Gasteiger partial charge < -0.3 is 10.1 Å². The maximum absolute atomic E-state index is 6.37. The maximum Gasteiger partial charge on any atom is 0.120 e. The smallest absolute Gasteiger partial charge is 0.120 e. The second-order valence-corrected chi connectivity index (χ2v) is 6.45. The molecule has 2 aromatic rings. The molecule has 0 radical (unpaired) electrons. The second kappa shape index (κ2) is 6.94. The molecule has 0 bridgehead atoms. The van der Waals surface area contributed by atoms with Gasteiger partial charge in [-0.3, -0.25) is 0 Å². The Kier molecular flexibility index (Phi) is 5.49. The van der Waals surface area contributed by atoms with E-state index >= 15 is 0 Å². The van der Waals surface area contributed by atoms with Crippen LogP contribution in [0.5, 0.6) is 5.75 Å². The normalized spacial score (nSPS) is 12.2. The van der Waals surface area contributed by atoms with E-state index in [0.29, 0.717) is 5.02 Å². The van der Waals surface area contributed by atoms with Crippen molar-refractivity contribution >= 4 is 43.5 Å². The van der Waals surface area contributed by atoms with Gasteiger partial charge in [0.1, 0.15) is 5.75 Å². The zero-order valence-electron chi connectivity index (χ0n) is 11.1. The summed E-state index contributed by atoms with van der Waals surface area (Å²) in [6.45, 7) is 0. The fourth-order valence-corrected chi connectivity index (χ4v) is 3.64. The zero-order valence-corrected chi connectivity index (χ0v) is 15.0. The number of nitrogens with one attached hydrogen (secondary N) is 1. The minimum atomic E-state index is 0.0101. The van der Waals surface area contributed by atoms with Crippen LogP contribution >= 0.6 is 43.5 Å². The molecule has 20 heavy (non-hydrogen) atoms. The average Bonchev–Trinajstić information content (AvgIpc) is 2.43. The lowest BCUT2D eigenvalue weighted by atomic mass is 9.98. The predicted octanol–water partition coefficient (Wildman–Crippen LogP) is 5.18. The average molecular weight is 420 g/mol. The molecular weight excluding hydrogens is 405 g/mol. The minimum absolute atomic E-state index is 0.0101. The standard InChI is InChI=1S/C15H14Br2ClNO/c1-19-15(11-5-3-9(16)7-13(11)17)12-6-4-10(20-2)8-14(12)18/h3-8,15,19H,1-2H3. The first-order chi connectivity index (χ1) is 9.56. The van der Waals surface area contributed by atoms with Crippen LogP contribution in [0.2, 0.25) is 5.02 Å². The van der Waals surface area contributed by atoms with Crippen molar-refractivity contribution in [1.82, 2.24) is 5.32 Å².